The molecule has 0 bridgehead atoms. The monoisotopic (exact) mass is 368 g/mol. The molecule has 1 aliphatic heterocycles. The zero-order valence-corrected chi connectivity index (χ0v) is 15.6. The molecule has 9 nitrogen and oxygen atoms in total. The van der Waals surface area contributed by atoms with Gasteiger partial charge in [-0.15, -0.1) is 0 Å². The molecule has 1 aliphatic rings. The summed E-state index contributed by atoms with van der Waals surface area (Å²) in [4.78, 5) is 47.7. The number of hydrogen-bond acceptors (Lipinski definition) is 5. The highest BCUT2D eigenvalue weighted by molar-refractivity contribution is 5.94. The normalized spacial score (nSPS) is 19.9. The first-order valence-electron chi connectivity index (χ1n) is 8.71. The Morgan fingerprint density at radius 2 is 1.85 bits per heavy atom. The van der Waals surface area contributed by atoms with Gasteiger partial charge in [0.15, 0.2) is 0 Å². The third-order valence-electron chi connectivity index (χ3n) is 4.04. The largest absolute Gasteiger partial charge is 0.480 e. The summed E-state index contributed by atoms with van der Waals surface area (Å²) in [6.07, 6.45) is 3.88. The highest BCUT2D eigenvalue weighted by Crippen LogP contribution is 2.09. The third kappa shape index (κ3) is 6.14. The highest BCUT2D eigenvalue weighted by atomic mass is 16.4. The number of carbonyl (C=O) groups is 4. The number of hydrogen-bond donors (Lipinski definition) is 4. The van der Waals surface area contributed by atoms with Crippen molar-refractivity contribution in [2.75, 3.05) is 6.54 Å². The number of hydrazine groups is 1. The van der Waals surface area contributed by atoms with E-state index < -0.39 is 35.9 Å². The summed E-state index contributed by atoms with van der Waals surface area (Å²) in [6, 6.07) is -2.46. The smallest absolute Gasteiger partial charge is 0.322 e. The average Bonchev–Trinajstić information content (AvgIpc) is 2.58. The first-order valence-corrected chi connectivity index (χ1v) is 8.71. The van der Waals surface area contributed by atoms with Gasteiger partial charge in [-0.2, -0.15) is 0 Å². The SMILES string of the molecule is C/C=C/C(=O)N[C@H](C(=O)N[C@@H](C)C(=O)N1CCCC(C(=O)O)N1)C(C)C. The van der Waals surface area contributed by atoms with Gasteiger partial charge < -0.3 is 15.7 Å². The van der Waals surface area contributed by atoms with Crippen LogP contribution in [-0.2, 0) is 19.2 Å². The van der Waals surface area contributed by atoms with E-state index in [1.807, 2.05) is 0 Å². The molecule has 1 heterocycles. The van der Waals surface area contributed by atoms with E-state index in [9.17, 15) is 19.2 Å². The van der Waals surface area contributed by atoms with Crippen LogP contribution < -0.4 is 16.1 Å². The molecule has 1 unspecified atom stereocenters. The molecule has 26 heavy (non-hydrogen) atoms. The Hall–Kier alpha value is -2.42. The molecule has 1 rings (SSSR count). The number of allylic oxidation sites excluding steroid dienone is 1. The summed E-state index contributed by atoms with van der Waals surface area (Å²) < 4.78 is 0. The number of carboxylic acid groups (broad SMARTS) is 1. The van der Waals surface area contributed by atoms with Crippen LogP contribution in [0.25, 0.3) is 0 Å². The minimum Gasteiger partial charge on any atom is -0.480 e. The summed E-state index contributed by atoms with van der Waals surface area (Å²) in [5, 5.41) is 15.5. The second-order valence-corrected chi connectivity index (χ2v) is 6.61. The topological polar surface area (TPSA) is 128 Å². The zero-order valence-electron chi connectivity index (χ0n) is 15.6. The van der Waals surface area contributed by atoms with Crippen molar-refractivity contribution in [2.24, 2.45) is 5.92 Å². The van der Waals surface area contributed by atoms with Crippen molar-refractivity contribution < 1.29 is 24.3 Å². The van der Waals surface area contributed by atoms with Gasteiger partial charge in [0.2, 0.25) is 11.8 Å². The van der Waals surface area contributed by atoms with Crippen molar-refractivity contribution in [3.63, 3.8) is 0 Å². The van der Waals surface area contributed by atoms with Gasteiger partial charge in [0.05, 0.1) is 0 Å². The lowest BCUT2D eigenvalue weighted by atomic mass is 10.0. The van der Waals surface area contributed by atoms with Gasteiger partial charge in [0.1, 0.15) is 18.1 Å². The molecule has 1 fully saturated rings. The number of aliphatic carboxylic acids is 1. The van der Waals surface area contributed by atoms with E-state index in [4.69, 9.17) is 5.11 Å². The Balaban J connectivity index is 2.69. The van der Waals surface area contributed by atoms with Crippen LogP contribution in [0, 0.1) is 5.92 Å². The third-order valence-corrected chi connectivity index (χ3v) is 4.04. The molecule has 0 radical (unpaired) electrons. The van der Waals surface area contributed by atoms with Gasteiger partial charge in [-0.25, -0.2) is 5.43 Å². The van der Waals surface area contributed by atoms with Crippen LogP contribution in [0.15, 0.2) is 12.2 Å². The summed E-state index contributed by atoms with van der Waals surface area (Å²) in [5.74, 6) is -2.47. The van der Waals surface area contributed by atoms with Crippen molar-refractivity contribution in [1.29, 1.82) is 0 Å². The minimum atomic E-state index is -1.02. The van der Waals surface area contributed by atoms with Gasteiger partial charge in [-0.3, -0.25) is 24.2 Å². The van der Waals surface area contributed by atoms with E-state index in [1.165, 1.54) is 18.0 Å². The van der Waals surface area contributed by atoms with Gasteiger partial charge in [-0.1, -0.05) is 19.9 Å². The molecule has 146 valence electrons. The molecular formula is C17H28N4O5. The molecule has 3 amide bonds. The number of nitrogens with one attached hydrogen (secondary N) is 3. The molecule has 0 spiro atoms. The first-order chi connectivity index (χ1) is 12.2. The van der Waals surface area contributed by atoms with Crippen molar-refractivity contribution >= 4 is 23.7 Å². The van der Waals surface area contributed by atoms with Gasteiger partial charge in [0, 0.05) is 6.54 Å². The van der Waals surface area contributed by atoms with E-state index in [2.05, 4.69) is 16.1 Å². The second kappa shape index (κ2) is 9.91. The molecule has 0 saturated carbocycles. The number of rotatable bonds is 7. The minimum absolute atomic E-state index is 0.170. The van der Waals surface area contributed by atoms with Crippen LogP contribution in [-0.4, -0.2) is 58.5 Å². The Kier molecular flexibility index (Phi) is 8.24. The highest BCUT2D eigenvalue weighted by Gasteiger charge is 2.32. The van der Waals surface area contributed by atoms with Gasteiger partial charge in [0.25, 0.3) is 5.91 Å². The Morgan fingerprint density at radius 3 is 2.38 bits per heavy atom. The number of carbonyl (C=O) groups excluding carboxylic acids is 3. The molecule has 0 aromatic carbocycles. The maximum absolute atomic E-state index is 12.5. The first kappa shape index (κ1) is 21.6. The summed E-state index contributed by atoms with van der Waals surface area (Å²) in [7, 11) is 0. The van der Waals surface area contributed by atoms with Gasteiger partial charge >= 0.3 is 5.97 Å². The fourth-order valence-corrected chi connectivity index (χ4v) is 2.61. The second-order valence-electron chi connectivity index (χ2n) is 6.61. The van der Waals surface area contributed by atoms with Crippen LogP contribution in [0.5, 0.6) is 0 Å². The quantitative estimate of drug-likeness (QED) is 0.460. The predicted octanol–water partition coefficient (Wildman–Crippen LogP) is -0.212. The van der Waals surface area contributed by atoms with E-state index >= 15 is 0 Å². The number of nitrogens with zero attached hydrogens (tertiary/aromatic N) is 1. The summed E-state index contributed by atoms with van der Waals surface area (Å²) in [5.41, 5.74) is 2.66. The average molecular weight is 368 g/mol. The molecular weight excluding hydrogens is 340 g/mol. The Bertz CT molecular complexity index is 576. The molecule has 1 saturated heterocycles. The zero-order chi connectivity index (χ0) is 19.9. The predicted molar refractivity (Wildman–Crippen MR) is 94.7 cm³/mol. The van der Waals surface area contributed by atoms with Crippen molar-refractivity contribution in [3.05, 3.63) is 12.2 Å². The lowest BCUT2D eigenvalue weighted by molar-refractivity contribution is -0.148. The maximum Gasteiger partial charge on any atom is 0.322 e. The van der Waals surface area contributed by atoms with Crippen LogP contribution >= 0.6 is 0 Å². The Morgan fingerprint density at radius 1 is 1.19 bits per heavy atom. The van der Waals surface area contributed by atoms with E-state index in [0.29, 0.717) is 19.4 Å². The van der Waals surface area contributed by atoms with Crippen LogP contribution in [0.2, 0.25) is 0 Å². The number of amides is 3. The molecule has 3 atom stereocenters. The van der Waals surface area contributed by atoms with Crippen LogP contribution in [0.3, 0.4) is 0 Å². The van der Waals surface area contributed by atoms with E-state index in [1.54, 1.807) is 26.8 Å². The van der Waals surface area contributed by atoms with Crippen molar-refractivity contribution in [1.82, 2.24) is 21.1 Å². The molecule has 9 heteroatoms. The van der Waals surface area contributed by atoms with Crippen molar-refractivity contribution in [2.45, 2.75) is 58.7 Å². The van der Waals surface area contributed by atoms with Crippen molar-refractivity contribution in [3.8, 4) is 0 Å². The number of carboxylic acids is 1. The standard InChI is InChI=1S/C17H28N4O5/c1-5-7-13(22)19-14(10(2)3)15(23)18-11(4)16(24)21-9-6-8-12(20-21)17(25)26/h5,7,10-12,14,20H,6,8-9H2,1-4H3,(H,18,23)(H,19,22)(H,25,26)/b7-5+/t11-,12?,14-/m0/s1. The van der Waals surface area contributed by atoms with Crippen LogP contribution in [0.4, 0.5) is 0 Å². The molecule has 0 aromatic heterocycles. The fourth-order valence-electron chi connectivity index (χ4n) is 2.61. The molecule has 4 N–H and O–H groups in total. The summed E-state index contributed by atoms with van der Waals surface area (Å²) in [6.45, 7) is 7.17. The molecule has 0 aromatic rings. The lowest BCUT2D eigenvalue weighted by Crippen LogP contribution is -2.60. The summed E-state index contributed by atoms with van der Waals surface area (Å²) >= 11 is 0. The lowest BCUT2D eigenvalue weighted by Gasteiger charge is -2.34. The van der Waals surface area contributed by atoms with E-state index in [0.717, 1.165) is 0 Å². The maximum atomic E-state index is 12.5. The Labute approximate surface area is 153 Å². The van der Waals surface area contributed by atoms with E-state index in [-0.39, 0.29) is 11.8 Å². The van der Waals surface area contributed by atoms with Gasteiger partial charge in [-0.05, 0) is 38.7 Å². The molecule has 0 aliphatic carbocycles. The fraction of sp³-hybridized carbons (Fsp3) is 0.647. The van der Waals surface area contributed by atoms with Crippen LogP contribution in [0.1, 0.15) is 40.5 Å².